The number of ether oxygens (including phenoxy) is 1. The standard InChI is InChI=1S/C22H24N6O3S/c1-15-13-19(29)24-17-5-3-4-6-18(17)28(15)20(30)14-32-22-26-25-21(27(22)11-12-31-2)16-7-9-23-10-8-16/h3-10,15H,11-14H2,1-2H3,(H,24,29). The molecule has 0 saturated heterocycles. The van der Waals surface area contributed by atoms with E-state index in [2.05, 4.69) is 20.5 Å². The molecule has 0 radical (unpaired) electrons. The summed E-state index contributed by atoms with van der Waals surface area (Å²) in [5.41, 5.74) is 2.24. The van der Waals surface area contributed by atoms with E-state index in [0.29, 0.717) is 35.5 Å². The second kappa shape index (κ2) is 9.92. The third kappa shape index (κ3) is 4.66. The smallest absolute Gasteiger partial charge is 0.237 e. The Balaban J connectivity index is 1.56. The van der Waals surface area contributed by atoms with E-state index in [9.17, 15) is 9.59 Å². The minimum absolute atomic E-state index is 0.0989. The number of nitrogens with zero attached hydrogens (tertiary/aromatic N) is 5. The lowest BCUT2D eigenvalue weighted by molar-refractivity contribution is -0.117. The number of amides is 2. The van der Waals surface area contributed by atoms with Crippen LogP contribution in [0.5, 0.6) is 0 Å². The van der Waals surface area contributed by atoms with Gasteiger partial charge in [-0.3, -0.25) is 19.1 Å². The van der Waals surface area contributed by atoms with Crippen molar-refractivity contribution in [3.63, 3.8) is 0 Å². The van der Waals surface area contributed by atoms with Gasteiger partial charge in [0.15, 0.2) is 11.0 Å². The molecular weight excluding hydrogens is 428 g/mol. The lowest BCUT2D eigenvalue weighted by Gasteiger charge is -2.27. The number of anilines is 2. The molecule has 0 spiro atoms. The Morgan fingerprint density at radius 3 is 2.78 bits per heavy atom. The molecule has 0 saturated carbocycles. The van der Waals surface area contributed by atoms with E-state index >= 15 is 0 Å². The van der Waals surface area contributed by atoms with Crippen molar-refractivity contribution < 1.29 is 14.3 Å². The molecule has 0 fully saturated rings. The van der Waals surface area contributed by atoms with Crippen molar-refractivity contribution in [3.05, 3.63) is 48.8 Å². The number of rotatable bonds is 7. The number of benzene rings is 1. The van der Waals surface area contributed by atoms with E-state index in [1.54, 1.807) is 30.5 Å². The van der Waals surface area contributed by atoms with Crippen molar-refractivity contribution >= 4 is 35.0 Å². The van der Waals surface area contributed by atoms with Crippen molar-refractivity contribution in [1.29, 1.82) is 0 Å². The molecule has 1 aromatic carbocycles. The van der Waals surface area contributed by atoms with Crippen LogP contribution in [0.3, 0.4) is 0 Å². The van der Waals surface area contributed by atoms with Crippen molar-refractivity contribution in [1.82, 2.24) is 19.7 Å². The van der Waals surface area contributed by atoms with Gasteiger partial charge in [0.25, 0.3) is 0 Å². The van der Waals surface area contributed by atoms with E-state index in [4.69, 9.17) is 4.74 Å². The zero-order valence-electron chi connectivity index (χ0n) is 17.9. The van der Waals surface area contributed by atoms with Crippen LogP contribution in [0, 0.1) is 0 Å². The largest absolute Gasteiger partial charge is 0.383 e. The number of fused-ring (bicyclic) bond motifs is 1. The first-order valence-electron chi connectivity index (χ1n) is 10.2. The highest BCUT2D eigenvalue weighted by molar-refractivity contribution is 7.99. The Bertz CT molecular complexity index is 1100. The summed E-state index contributed by atoms with van der Waals surface area (Å²) in [5, 5.41) is 12.2. The van der Waals surface area contributed by atoms with Gasteiger partial charge in [0.2, 0.25) is 11.8 Å². The second-order valence-corrected chi connectivity index (χ2v) is 8.30. The van der Waals surface area contributed by atoms with Crippen LogP contribution in [0.1, 0.15) is 13.3 Å². The maximum atomic E-state index is 13.3. The van der Waals surface area contributed by atoms with Crippen molar-refractivity contribution in [2.75, 3.05) is 29.7 Å². The summed E-state index contributed by atoms with van der Waals surface area (Å²) in [4.78, 5) is 31.2. The summed E-state index contributed by atoms with van der Waals surface area (Å²) < 4.78 is 7.19. The number of pyridine rings is 1. The monoisotopic (exact) mass is 452 g/mol. The average Bonchev–Trinajstić information content (AvgIpc) is 3.14. The topological polar surface area (TPSA) is 102 Å². The van der Waals surface area contributed by atoms with Crippen LogP contribution in [0.4, 0.5) is 11.4 Å². The molecular formula is C22H24N6O3S. The van der Waals surface area contributed by atoms with Crippen LogP contribution in [0.2, 0.25) is 0 Å². The van der Waals surface area contributed by atoms with E-state index in [-0.39, 0.29) is 30.0 Å². The highest BCUT2D eigenvalue weighted by Gasteiger charge is 2.30. The predicted octanol–water partition coefficient (Wildman–Crippen LogP) is 2.84. The molecule has 2 aromatic heterocycles. The molecule has 0 aliphatic carbocycles. The molecule has 2 amide bonds. The molecule has 1 unspecified atom stereocenters. The lowest BCUT2D eigenvalue weighted by Crippen LogP contribution is -2.40. The Kier molecular flexibility index (Phi) is 6.81. The third-order valence-corrected chi connectivity index (χ3v) is 6.08. The maximum absolute atomic E-state index is 13.3. The summed E-state index contributed by atoms with van der Waals surface area (Å²) >= 11 is 1.32. The maximum Gasteiger partial charge on any atom is 0.237 e. The number of thioether (sulfide) groups is 1. The van der Waals surface area contributed by atoms with Gasteiger partial charge in [-0.15, -0.1) is 10.2 Å². The normalized spacial score (nSPS) is 15.8. The van der Waals surface area contributed by atoms with Gasteiger partial charge in [0, 0.05) is 37.5 Å². The number of carbonyl (C=O) groups excluding carboxylic acids is 2. The van der Waals surface area contributed by atoms with E-state index < -0.39 is 0 Å². The van der Waals surface area contributed by atoms with Gasteiger partial charge in [0.1, 0.15) is 0 Å². The third-order valence-electron chi connectivity index (χ3n) is 5.13. The van der Waals surface area contributed by atoms with Crippen molar-refractivity contribution in [2.24, 2.45) is 0 Å². The minimum atomic E-state index is -0.259. The van der Waals surface area contributed by atoms with E-state index in [1.807, 2.05) is 41.8 Å². The fourth-order valence-electron chi connectivity index (χ4n) is 3.66. The molecule has 10 heteroatoms. The number of methoxy groups -OCH3 is 1. The van der Waals surface area contributed by atoms with E-state index in [1.165, 1.54) is 11.8 Å². The first-order chi connectivity index (χ1) is 15.6. The molecule has 4 rings (SSSR count). The second-order valence-electron chi connectivity index (χ2n) is 7.36. The van der Waals surface area contributed by atoms with Gasteiger partial charge in [-0.25, -0.2) is 0 Å². The zero-order valence-corrected chi connectivity index (χ0v) is 18.7. The lowest BCUT2D eigenvalue weighted by atomic mass is 10.2. The predicted molar refractivity (Wildman–Crippen MR) is 122 cm³/mol. The number of aromatic nitrogens is 4. The summed E-state index contributed by atoms with van der Waals surface area (Å²) in [6.07, 6.45) is 3.64. The summed E-state index contributed by atoms with van der Waals surface area (Å²) in [5.74, 6) is 0.656. The van der Waals surface area contributed by atoms with Gasteiger partial charge < -0.3 is 15.0 Å². The first kappa shape index (κ1) is 22.0. The molecule has 3 heterocycles. The number of carbonyl (C=O) groups is 2. The Labute approximate surface area is 190 Å². The van der Waals surface area contributed by atoms with Gasteiger partial charge >= 0.3 is 0 Å². The van der Waals surface area contributed by atoms with Crippen LogP contribution in [-0.4, -0.2) is 57.1 Å². The number of hydrogen-bond acceptors (Lipinski definition) is 7. The van der Waals surface area contributed by atoms with Crippen LogP contribution in [0.25, 0.3) is 11.4 Å². The van der Waals surface area contributed by atoms with E-state index in [0.717, 1.165) is 5.56 Å². The van der Waals surface area contributed by atoms with Crippen molar-refractivity contribution in [2.45, 2.75) is 31.1 Å². The molecule has 166 valence electrons. The molecule has 1 aliphatic rings. The average molecular weight is 453 g/mol. The van der Waals surface area contributed by atoms with Crippen LogP contribution in [-0.2, 0) is 20.9 Å². The van der Waals surface area contributed by atoms with Crippen LogP contribution in [0.15, 0.2) is 53.9 Å². The Hall–Kier alpha value is -3.24. The molecule has 3 aromatic rings. The van der Waals surface area contributed by atoms with Crippen LogP contribution >= 0.6 is 11.8 Å². The van der Waals surface area contributed by atoms with Gasteiger partial charge in [-0.05, 0) is 31.2 Å². The summed E-state index contributed by atoms with van der Waals surface area (Å²) in [6.45, 7) is 2.92. The SMILES string of the molecule is COCCn1c(SCC(=O)N2c3ccccc3NC(=O)CC2C)nnc1-c1ccncc1. The van der Waals surface area contributed by atoms with Crippen molar-refractivity contribution in [3.8, 4) is 11.4 Å². The summed E-state index contributed by atoms with van der Waals surface area (Å²) in [6, 6.07) is 10.8. The first-order valence-corrected chi connectivity index (χ1v) is 11.2. The molecule has 1 aliphatic heterocycles. The molecule has 9 nitrogen and oxygen atoms in total. The van der Waals surface area contributed by atoms with Crippen LogP contribution < -0.4 is 10.2 Å². The fourth-order valence-corrected chi connectivity index (χ4v) is 4.48. The number of para-hydroxylation sites is 2. The van der Waals surface area contributed by atoms with Gasteiger partial charge in [-0.2, -0.15) is 0 Å². The fraction of sp³-hybridized carbons (Fsp3) is 0.318. The molecule has 0 bridgehead atoms. The molecule has 32 heavy (non-hydrogen) atoms. The quantitative estimate of drug-likeness (QED) is 0.550. The Morgan fingerprint density at radius 2 is 2.00 bits per heavy atom. The highest BCUT2D eigenvalue weighted by Crippen LogP contribution is 2.32. The zero-order chi connectivity index (χ0) is 22.5. The van der Waals surface area contributed by atoms with Gasteiger partial charge in [-0.1, -0.05) is 23.9 Å². The highest BCUT2D eigenvalue weighted by atomic mass is 32.2. The molecule has 1 atom stereocenters. The number of nitrogens with one attached hydrogen (secondary N) is 1. The summed E-state index contributed by atoms with van der Waals surface area (Å²) in [7, 11) is 1.64. The van der Waals surface area contributed by atoms with Gasteiger partial charge in [0.05, 0.1) is 30.3 Å². The Morgan fingerprint density at radius 1 is 1.22 bits per heavy atom. The number of hydrogen-bond donors (Lipinski definition) is 1. The minimum Gasteiger partial charge on any atom is -0.383 e. The molecule has 1 N–H and O–H groups in total.